The van der Waals surface area contributed by atoms with E-state index in [-0.39, 0.29) is 5.56 Å². The molecular weight excluding hydrogens is 368 g/mol. The van der Waals surface area contributed by atoms with Gasteiger partial charge in [0.05, 0.1) is 0 Å². The molecule has 1 aromatic heterocycles. The van der Waals surface area contributed by atoms with Crippen LogP contribution in [-0.4, -0.2) is 17.4 Å². The molecule has 0 bridgehead atoms. The molecule has 154 valence electrons. The van der Waals surface area contributed by atoms with Crippen LogP contribution in [0.2, 0.25) is 0 Å². The van der Waals surface area contributed by atoms with Crippen LogP contribution in [0.15, 0.2) is 45.6 Å². The molecule has 2 amide bonds. The van der Waals surface area contributed by atoms with Crippen molar-refractivity contribution in [2.45, 2.75) is 63.8 Å². The van der Waals surface area contributed by atoms with Gasteiger partial charge in [0.25, 0.3) is 5.91 Å². The van der Waals surface area contributed by atoms with E-state index >= 15 is 0 Å². The molecule has 1 aromatic carbocycles. The Morgan fingerprint density at radius 2 is 1.79 bits per heavy atom. The van der Waals surface area contributed by atoms with E-state index in [0.717, 1.165) is 32.1 Å². The molecule has 0 saturated heterocycles. The Balaban J connectivity index is 1.70. The lowest BCUT2D eigenvalue weighted by Gasteiger charge is -2.35. The van der Waals surface area contributed by atoms with Crippen LogP contribution < -0.4 is 16.7 Å². The van der Waals surface area contributed by atoms with E-state index in [4.69, 9.17) is 10.2 Å². The van der Waals surface area contributed by atoms with Crippen molar-refractivity contribution in [3.8, 4) is 0 Å². The summed E-state index contributed by atoms with van der Waals surface area (Å²) >= 11 is 0. The summed E-state index contributed by atoms with van der Waals surface area (Å²) in [7, 11) is 0. The summed E-state index contributed by atoms with van der Waals surface area (Å²) in [4.78, 5) is 37.3. The van der Waals surface area contributed by atoms with Gasteiger partial charge in [0, 0.05) is 6.42 Å². The molecule has 1 aliphatic rings. The molecule has 1 heterocycles. The van der Waals surface area contributed by atoms with E-state index in [1.165, 1.54) is 5.56 Å². The van der Waals surface area contributed by atoms with E-state index in [1.54, 1.807) is 13.0 Å². The van der Waals surface area contributed by atoms with E-state index in [9.17, 15) is 14.4 Å². The number of nitrogens with one attached hydrogen (secondary N) is 1. The predicted molar refractivity (Wildman–Crippen MR) is 111 cm³/mol. The molecule has 0 aliphatic heterocycles. The molecule has 6 heteroatoms. The highest BCUT2D eigenvalue weighted by molar-refractivity contribution is 5.99. The summed E-state index contributed by atoms with van der Waals surface area (Å²) in [6.45, 7) is 1.71. The Labute approximate surface area is 170 Å². The summed E-state index contributed by atoms with van der Waals surface area (Å²) < 4.78 is 5.40. The third kappa shape index (κ3) is 4.94. The second kappa shape index (κ2) is 9.07. The Hall–Kier alpha value is -2.89. The summed E-state index contributed by atoms with van der Waals surface area (Å²) in [6, 6.07) is 11.8. The van der Waals surface area contributed by atoms with E-state index in [2.05, 4.69) is 17.4 Å². The number of rotatable bonds is 7. The molecule has 0 radical (unpaired) electrons. The van der Waals surface area contributed by atoms with Gasteiger partial charge < -0.3 is 15.5 Å². The molecule has 29 heavy (non-hydrogen) atoms. The maximum absolute atomic E-state index is 12.8. The minimum Gasteiger partial charge on any atom is -0.427 e. The minimum absolute atomic E-state index is 0.0528. The van der Waals surface area contributed by atoms with Crippen molar-refractivity contribution in [1.82, 2.24) is 5.32 Å². The van der Waals surface area contributed by atoms with Crippen molar-refractivity contribution in [2.24, 2.45) is 5.73 Å². The Morgan fingerprint density at radius 3 is 2.41 bits per heavy atom. The maximum Gasteiger partial charge on any atom is 0.349 e. The van der Waals surface area contributed by atoms with Crippen molar-refractivity contribution in [1.29, 1.82) is 0 Å². The second-order valence-electron chi connectivity index (χ2n) is 7.86. The van der Waals surface area contributed by atoms with Gasteiger partial charge in [0.1, 0.15) is 16.9 Å². The third-order valence-electron chi connectivity index (χ3n) is 5.69. The van der Waals surface area contributed by atoms with Crippen LogP contribution >= 0.6 is 0 Å². The summed E-state index contributed by atoms with van der Waals surface area (Å²) in [5.74, 6) is -0.583. The van der Waals surface area contributed by atoms with Crippen LogP contribution in [-0.2, 0) is 17.6 Å². The van der Waals surface area contributed by atoms with Gasteiger partial charge >= 0.3 is 5.63 Å². The molecule has 0 spiro atoms. The van der Waals surface area contributed by atoms with Gasteiger partial charge in [-0.3, -0.25) is 9.59 Å². The fourth-order valence-corrected chi connectivity index (χ4v) is 4.05. The quantitative estimate of drug-likeness (QED) is 0.751. The highest BCUT2D eigenvalue weighted by Gasteiger charge is 2.40. The van der Waals surface area contributed by atoms with Crippen molar-refractivity contribution >= 4 is 11.8 Å². The molecule has 3 rings (SSSR count). The standard InChI is InChI=1S/C23H28N2O4/c1-16-15-18(12-8-11-17-9-4-2-5-10-17)29-21(27)19(16)20(26)25-23(22(24)28)13-6-3-7-14-23/h2,4-5,9-10,15H,3,6-8,11-14H2,1H3,(H2,24,28)(H,25,26). The number of carbonyl (C=O) groups excluding carboxylic acids is 2. The van der Waals surface area contributed by atoms with Crippen LogP contribution in [0.4, 0.5) is 0 Å². The summed E-state index contributed by atoms with van der Waals surface area (Å²) in [5, 5.41) is 2.74. The predicted octanol–water partition coefficient (Wildman–Crippen LogP) is 3.04. The zero-order valence-electron chi connectivity index (χ0n) is 16.8. The highest BCUT2D eigenvalue weighted by Crippen LogP contribution is 2.28. The lowest BCUT2D eigenvalue weighted by atomic mass is 9.81. The molecule has 6 nitrogen and oxygen atoms in total. The number of benzene rings is 1. The monoisotopic (exact) mass is 396 g/mol. The number of hydrogen-bond donors (Lipinski definition) is 2. The normalized spacial score (nSPS) is 15.6. The lowest BCUT2D eigenvalue weighted by Crippen LogP contribution is -2.58. The van der Waals surface area contributed by atoms with Crippen LogP contribution in [0.3, 0.4) is 0 Å². The van der Waals surface area contributed by atoms with Crippen LogP contribution in [0.25, 0.3) is 0 Å². The van der Waals surface area contributed by atoms with Gasteiger partial charge in [0.2, 0.25) is 5.91 Å². The van der Waals surface area contributed by atoms with Crippen molar-refractivity contribution < 1.29 is 14.0 Å². The second-order valence-corrected chi connectivity index (χ2v) is 7.86. The first kappa shape index (κ1) is 20.8. The van der Waals surface area contributed by atoms with Gasteiger partial charge in [0.15, 0.2) is 0 Å². The van der Waals surface area contributed by atoms with Crippen LogP contribution in [0.5, 0.6) is 0 Å². The Kier molecular flexibility index (Phi) is 6.52. The van der Waals surface area contributed by atoms with Crippen molar-refractivity contribution in [2.75, 3.05) is 0 Å². The first-order valence-electron chi connectivity index (χ1n) is 10.2. The van der Waals surface area contributed by atoms with Crippen LogP contribution in [0, 0.1) is 6.92 Å². The number of carbonyl (C=O) groups is 2. The van der Waals surface area contributed by atoms with E-state index < -0.39 is 23.0 Å². The van der Waals surface area contributed by atoms with E-state index in [1.807, 2.05) is 18.2 Å². The molecule has 3 N–H and O–H groups in total. The van der Waals surface area contributed by atoms with Crippen LogP contribution in [0.1, 0.15) is 65.8 Å². The average molecular weight is 396 g/mol. The Bertz CT molecular complexity index is 928. The molecule has 1 aliphatic carbocycles. The van der Waals surface area contributed by atoms with Crippen molar-refractivity contribution in [3.63, 3.8) is 0 Å². The largest absolute Gasteiger partial charge is 0.427 e. The number of aryl methyl sites for hydroxylation is 3. The third-order valence-corrected chi connectivity index (χ3v) is 5.69. The molecule has 1 fully saturated rings. The molecule has 1 saturated carbocycles. The van der Waals surface area contributed by atoms with Gasteiger partial charge in [-0.05, 0) is 49.8 Å². The smallest absolute Gasteiger partial charge is 0.349 e. The van der Waals surface area contributed by atoms with Crippen molar-refractivity contribution in [3.05, 3.63) is 69.3 Å². The fraction of sp³-hybridized carbons (Fsp3) is 0.435. The average Bonchev–Trinajstić information content (AvgIpc) is 2.69. The first-order valence-corrected chi connectivity index (χ1v) is 10.2. The van der Waals surface area contributed by atoms with E-state index in [0.29, 0.717) is 30.6 Å². The van der Waals surface area contributed by atoms with Gasteiger partial charge in [-0.1, -0.05) is 49.6 Å². The van der Waals surface area contributed by atoms with Gasteiger partial charge in [-0.2, -0.15) is 0 Å². The SMILES string of the molecule is Cc1cc(CCCc2ccccc2)oc(=O)c1C(=O)NC1(C(N)=O)CCCCC1. The Morgan fingerprint density at radius 1 is 1.10 bits per heavy atom. The summed E-state index contributed by atoms with van der Waals surface area (Å²) in [5.41, 5.74) is 5.54. The number of primary amides is 1. The maximum atomic E-state index is 12.8. The molecule has 2 aromatic rings. The first-order chi connectivity index (χ1) is 13.9. The highest BCUT2D eigenvalue weighted by atomic mass is 16.4. The number of amides is 2. The summed E-state index contributed by atoms with van der Waals surface area (Å²) in [6.07, 6.45) is 5.96. The molecule has 0 atom stereocenters. The van der Waals surface area contributed by atoms with Gasteiger partial charge in [-0.25, -0.2) is 4.79 Å². The lowest BCUT2D eigenvalue weighted by molar-refractivity contribution is -0.125. The minimum atomic E-state index is -1.08. The molecular formula is C23H28N2O4. The zero-order chi connectivity index (χ0) is 20.9. The zero-order valence-corrected chi connectivity index (χ0v) is 16.8. The van der Waals surface area contributed by atoms with Gasteiger partial charge in [-0.15, -0.1) is 0 Å². The fourth-order valence-electron chi connectivity index (χ4n) is 4.05. The topological polar surface area (TPSA) is 102 Å². The molecule has 0 unspecified atom stereocenters. The number of nitrogens with two attached hydrogens (primary N) is 1. The number of hydrogen-bond acceptors (Lipinski definition) is 4.